The smallest absolute Gasteiger partial charge is 0.255 e. The molecule has 6 heteroatoms. The predicted molar refractivity (Wildman–Crippen MR) is 132 cm³/mol. The van der Waals surface area contributed by atoms with Gasteiger partial charge in [0.1, 0.15) is 17.4 Å². The van der Waals surface area contributed by atoms with E-state index in [0.717, 1.165) is 16.9 Å². The van der Waals surface area contributed by atoms with Gasteiger partial charge in [-0.1, -0.05) is 42.5 Å². The maximum atomic E-state index is 12.7. The third kappa shape index (κ3) is 4.86. The van der Waals surface area contributed by atoms with Crippen LogP contribution < -0.4 is 10.1 Å². The number of hydrogen-bond donors (Lipinski definition) is 1. The van der Waals surface area contributed by atoms with Crippen LogP contribution in [0, 0.1) is 6.92 Å². The minimum atomic E-state index is -0.170. The maximum Gasteiger partial charge on any atom is 0.255 e. The first-order chi connectivity index (χ1) is 16.6. The lowest BCUT2D eigenvalue weighted by Crippen LogP contribution is -2.11. The van der Waals surface area contributed by atoms with Crippen LogP contribution in [-0.4, -0.2) is 20.4 Å². The molecule has 0 bridgehead atoms. The number of rotatable bonds is 6. The minimum absolute atomic E-state index is 0.170. The van der Waals surface area contributed by atoms with Crippen molar-refractivity contribution >= 4 is 11.6 Å². The first-order valence-corrected chi connectivity index (χ1v) is 10.9. The number of aryl methyl sites for hydroxylation is 1. The number of nitrogens with one attached hydrogen (secondary N) is 1. The monoisotopic (exact) mass is 446 g/mol. The van der Waals surface area contributed by atoms with E-state index in [-0.39, 0.29) is 5.91 Å². The molecule has 0 spiro atoms. The van der Waals surface area contributed by atoms with Crippen molar-refractivity contribution in [3.8, 4) is 28.6 Å². The molecule has 5 aromatic rings. The molecule has 6 nitrogen and oxygen atoms in total. The van der Waals surface area contributed by atoms with Gasteiger partial charge >= 0.3 is 0 Å². The summed E-state index contributed by atoms with van der Waals surface area (Å²) in [4.78, 5) is 21.5. The number of nitrogens with zero attached hydrogens (tertiary/aromatic N) is 3. The molecule has 34 heavy (non-hydrogen) atoms. The highest BCUT2D eigenvalue weighted by atomic mass is 16.5. The molecule has 0 radical (unpaired) electrons. The van der Waals surface area contributed by atoms with Crippen LogP contribution in [0.3, 0.4) is 0 Å². The lowest BCUT2D eigenvalue weighted by Gasteiger charge is -2.10. The largest absolute Gasteiger partial charge is 0.439 e. The summed E-state index contributed by atoms with van der Waals surface area (Å²) in [5.41, 5.74) is 3.45. The van der Waals surface area contributed by atoms with Crippen LogP contribution >= 0.6 is 0 Å². The zero-order valence-corrected chi connectivity index (χ0v) is 18.6. The average Bonchev–Trinajstić information content (AvgIpc) is 3.41. The van der Waals surface area contributed by atoms with Crippen LogP contribution in [-0.2, 0) is 0 Å². The Bertz CT molecular complexity index is 1400. The number of hydrogen-bond acceptors (Lipinski definition) is 4. The van der Waals surface area contributed by atoms with E-state index in [1.807, 2.05) is 90.6 Å². The number of carbonyl (C=O) groups excluding carboxylic acids is 1. The Hall–Kier alpha value is -4.71. The summed E-state index contributed by atoms with van der Waals surface area (Å²) in [7, 11) is 0. The summed E-state index contributed by atoms with van der Waals surface area (Å²) < 4.78 is 7.82. The molecule has 1 amide bonds. The number of carbonyl (C=O) groups is 1. The van der Waals surface area contributed by atoms with Crippen molar-refractivity contribution in [2.45, 2.75) is 6.92 Å². The van der Waals surface area contributed by atoms with Crippen molar-refractivity contribution in [2.24, 2.45) is 0 Å². The van der Waals surface area contributed by atoms with E-state index in [2.05, 4.69) is 15.3 Å². The minimum Gasteiger partial charge on any atom is -0.439 e. The molecule has 2 heterocycles. The molecule has 0 saturated carbocycles. The summed E-state index contributed by atoms with van der Waals surface area (Å²) in [6, 6.07) is 30.5. The van der Waals surface area contributed by atoms with Crippen LogP contribution in [0.5, 0.6) is 11.6 Å². The summed E-state index contributed by atoms with van der Waals surface area (Å²) in [6.07, 6.45) is 3.83. The molecule has 5 rings (SSSR count). The second-order valence-corrected chi connectivity index (χ2v) is 7.73. The van der Waals surface area contributed by atoms with E-state index in [9.17, 15) is 4.79 Å². The van der Waals surface area contributed by atoms with Gasteiger partial charge in [0.2, 0.25) is 5.88 Å². The maximum absolute atomic E-state index is 12.7. The molecule has 0 saturated heterocycles. The lowest BCUT2D eigenvalue weighted by molar-refractivity contribution is 0.102. The Labute approximate surface area is 197 Å². The molecule has 2 aromatic heterocycles. The SMILES string of the molecule is Cc1nc(Oc2ccc(NC(=O)c3ccc(-c4ccccc4)cc3)cc2)cc(-n2cccc2)n1. The molecule has 1 N–H and O–H groups in total. The quantitative estimate of drug-likeness (QED) is 0.333. The second-order valence-electron chi connectivity index (χ2n) is 7.73. The summed E-state index contributed by atoms with van der Waals surface area (Å²) in [5.74, 6) is 2.24. The highest BCUT2D eigenvalue weighted by molar-refractivity contribution is 6.04. The van der Waals surface area contributed by atoms with Crippen molar-refractivity contribution in [1.82, 2.24) is 14.5 Å². The standard InChI is InChI=1S/C28H22N4O2/c1-20-29-26(32-17-5-6-18-32)19-27(30-20)34-25-15-13-24(14-16-25)31-28(33)23-11-9-22(10-12-23)21-7-3-2-4-8-21/h2-19H,1H3,(H,31,33). The highest BCUT2D eigenvalue weighted by Crippen LogP contribution is 2.24. The fraction of sp³-hybridized carbons (Fsp3) is 0.0357. The van der Waals surface area contributed by atoms with Crippen LogP contribution in [0.25, 0.3) is 16.9 Å². The fourth-order valence-corrected chi connectivity index (χ4v) is 3.57. The van der Waals surface area contributed by atoms with Crippen LogP contribution in [0.4, 0.5) is 5.69 Å². The van der Waals surface area contributed by atoms with Gasteiger partial charge in [0.05, 0.1) is 0 Å². The number of anilines is 1. The fourth-order valence-electron chi connectivity index (χ4n) is 3.57. The van der Waals surface area contributed by atoms with Gasteiger partial charge in [0, 0.05) is 29.7 Å². The predicted octanol–water partition coefficient (Wildman–Crippen LogP) is 6.29. The molecule has 0 aliphatic carbocycles. The Morgan fingerprint density at radius 1 is 0.794 bits per heavy atom. The zero-order valence-electron chi connectivity index (χ0n) is 18.6. The van der Waals surface area contributed by atoms with Gasteiger partial charge in [-0.25, -0.2) is 4.98 Å². The Morgan fingerprint density at radius 2 is 1.47 bits per heavy atom. The normalized spacial score (nSPS) is 10.6. The number of benzene rings is 3. The van der Waals surface area contributed by atoms with Gasteiger partial charge in [-0.05, 0) is 66.6 Å². The van der Waals surface area contributed by atoms with E-state index in [4.69, 9.17) is 4.74 Å². The first-order valence-electron chi connectivity index (χ1n) is 10.9. The van der Waals surface area contributed by atoms with Crippen molar-refractivity contribution in [3.05, 3.63) is 121 Å². The van der Waals surface area contributed by atoms with Crippen LogP contribution in [0.1, 0.15) is 16.2 Å². The van der Waals surface area contributed by atoms with Crippen LogP contribution in [0.2, 0.25) is 0 Å². The molecular formula is C28H22N4O2. The van der Waals surface area contributed by atoms with Crippen molar-refractivity contribution < 1.29 is 9.53 Å². The molecule has 0 aliphatic heterocycles. The first kappa shape index (κ1) is 21.2. The number of aromatic nitrogens is 3. The van der Waals surface area contributed by atoms with E-state index in [0.29, 0.717) is 28.7 Å². The summed E-state index contributed by atoms with van der Waals surface area (Å²) >= 11 is 0. The van der Waals surface area contributed by atoms with Crippen molar-refractivity contribution in [1.29, 1.82) is 0 Å². The highest BCUT2D eigenvalue weighted by Gasteiger charge is 2.09. The average molecular weight is 447 g/mol. The van der Waals surface area contributed by atoms with Gasteiger partial charge in [0.25, 0.3) is 5.91 Å². The second kappa shape index (κ2) is 9.42. The molecule has 0 atom stereocenters. The Balaban J connectivity index is 1.25. The molecule has 0 aliphatic rings. The lowest BCUT2D eigenvalue weighted by atomic mass is 10.0. The van der Waals surface area contributed by atoms with Gasteiger partial charge in [0.15, 0.2) is 0 Å². The van der Waals surface area contributed by atoms with E-state index < -0.39 is 0 Å². The van der Waals surface area contributed by atoms with Crippen molar-refractivity contribution in [2.75, 3.05) is 5.32 Å². The third-order valence-corrected chi connectivity index (χ3v) is 5.26. The van der Waals surface area contributed by atoms with E-state index in [1.165, 1.54) is 0 Å². The van der Waals surface area contributed by atoms with Gasteiger partial charge in [-0.3, -0.25) is 4.79 Å². The van der Waals surface area contributed by atoms with E-state index >= 15 is 0 Å². The number of amides is 1. The zero-order chi connectivity index (χ0) is 23.3. The third-order valence-electron chi connectivity index (χ3n) is 5.26. The topological polar surface area (TPSA) is 69.0 Å². The molecule has 0 fully saturated rings. The molecular weight excluding hydrogens is 424 g/mol. The molecule has 0 unspecified atom stereocenters. The van der Waals surface area contributed by atoms with E-state index in [1.54, 1.807) is 30.3 Å². The molecule has 3 aromatic carbocycles. The summed E-state index contributed by atoms with van der Waals surface area (Å²) in [5, 5.41) is 2.92. The Morgan fingerprint density at radius 3 is 2.18 bits per heavy atom. The van der Waals surface area contributed by atoms with Gasteiger partial charge in [-0.2, -0.15) is 4.98 Å². The van der Waals surface area contributed by atoms with Gasteiger partial charge < -0.3 is 14.6 Å². The van der Waals surface area contributed by atoms with Crippen LogP contribution in [0.15, 0.2) is 109 Å². The summed E-state index contributed by atoms with van der Waals surface area (Å²) in [6.45, 7) is 1.82. The number of ether oxygens (including phenoxy) is 1. The van der Waals surface area contributed by atoms with Gasteiger partial charge in [-0.15, -0.1) is 0 Å². The Kier molecular flexibility index (Phi) is 5.86. The van der Waals surface area contributed by atoms with Crippen molar-refractivity contribution in [3.63, 3.8) is 0 Å². The molecule has 166 valence electrons.